The molecule has 0 aliphatic carbocycles. The Morgan fingerprint density at radius 3 is 2.27 bits per heavy atom. The van der Waals surface area contributed by atoms with Crippen LogP contribution in [0, 0.1) is 12.8 Å². The van der Waals surface area contributed by atoms with Crippen molar-refractivity contribution in [1.29, 1.82) is 0 Å². The van der Waals surface area contributed by atoms with Crippen molar-refractivity contribution in [3.63, 3.8) is 0 Å². The summed E-state index contributed by atoms with van der Waals surface area (Å²) < 4.78 is 30.5. The molecule has 2 atom stereocenters. The molecule has 2 rings (SSSR count). The number of carbonyl (C=O) groups excluding carboxylic acids is 1. The number of aryl methyl sites for hydroxylation is 1. The molecule has 0 radical (unpaired) electrons. The summed E-state index contributed by atoms with van der Waals surface area (Å²) in [7, 11) is -4.29. The van der Waals surface area contributed by atoms with Crippen LogP contribution in [0.5, 0.6) is 0 Å². The van der Waals surface area contributed by atoms with Crippen LogP contribution in [-0.4, -0.2) is 42.0 Å². The van der Waals surface area contributed by atoms with Crippen molar-refractivity contribution in [3.05, 3.63) is 29.8 Å². The number of benzene rings is 1. The first-order valence-corrected chi connectivity index (χ1v) is 8.14. The fraction of sp³-hybridized carbons (Fsp3) is 0.429. The fourth-order valence-corrected chi connectivity index (χ4v) is 3.75. The van der Waals surface area contributed by atoms with Crippen molar-refractivity contribution in [2.24, 2.45) is 5.92 Å². The monoisotopic (exact) mass is 327 g/mol. The normalized spacial score (nSPS) is 22.0. The maximum atomic E-state index is 12.6. The summed E-state index contributed by atoms with van der Waals surface area (Å²) >= 11 is 0. The Labute approximate surface area is 128 Å². The van der Waals surface area contributed by atoms with E-state index in [9.17, 15) is 23.1 Å². The molecule has 1 heterocycles. The number of amides is 1. The van der Waals surface area contributed by atoms with Crippen molar-refractivity contribution in [2.75, 3.05) is 0 Å². The topological polar surface area (TPSA) is 101 Å². The summed E-state index contributed by atoms with van der Waals surface area (Å²) in [6.45, 7) is 5.11. The van der Waals surface area contributed by atoms with E-state index in [-0.39, 0.29) is 10.8 Å². The van der Waals surface area contributed by atoms with Gasteiger partial charge in [-0.05, 0) is 25.0 Å². The third kappa shape index (κ3) is 2.66. The molecular formula is C14H17NO6S. The molecule has 1 aliphatic rings. The first-order chi connectivity index (χ1) is 10.2. The van der Waals surface area contributed by atoms with Crippen LogP contribution in [0.25, 0.3) is 0 Å². The van der Waals surface area contributed by atoms with E-state index >= 15 is 0 Å². The summed E-state index contributed by atoms with van der Waals surface area (Å²) in [5, 5.41) is 9.34. The summed E-state index contributed by atoms with van der Waals surface area (Å²) in [5.74, 6) is -1.75. The van der Waals surface area contributed by atoms with Crippen molar-refractivity contribution in [2.45, 2.75) is 37.8 Å². The second kappa shape index (κ2) is 5.60. The van der Waals surface area contributed by atoms with Gasteiger partial charge in [0.05, 0.1) is 4.90 Å². The minimum Gasteiger partial charge on any atom is -0.480 e. The van der Waals surface area contributed by atoms with E-state index in [2.05, 4.69) is 0 Å². The van der Waals surface area contributed by atoms with Gasteiger partial charge in [-0.1, -0.05) is 31.5 Å². The Balaban J connectivity index is 2.50. The average Bonchev–Trinajstić information content (AvgIpc) is 2.78. The SMILES string of the molecule is Cc1ccc(S(=O)(=O)N2C(=O)O[C@H](C(C)C)[C@@H]2C(=O)O)cc1. The number of carboxylic acid groups (broad SMARTS) is 1. The number of carbonyl (C=O) groups is 2. The van der Waals surface area contributed by atoms with Crippen LogP contribution in [0.4, 0.5) is 4.79 Å². The number of rotatable bonds is 4. The first kappa shape index (κ1) is 16.3. The van der Waals surface area contributed by atoms with Gasteiger partial charge in [0.1, 0.15) is 6.10 Å². The van der Waals surface area contributed by atoms with Crippen molar-refractivity contribution < 1.29 is 27.9 Å². The van der Waals surface area contributed by atoms with E-state index in [0.717, 1.165) is 5.56 Å². The van der Waals surface area contributed by atoms with Crippen molar-refractivity contribution in [3.8, 4) is 0 Å². The summed E-state index contributed by atoms with van der Waals surface area (Å²) in [6.07, 6.45) is -2.18. The van der Waals surface area contributed by atoms with Gasteiger partial charge in [-0.15, -0.1) is 0 Å². The second-order valence-electron chi connectivity index (χ2n) is 5.49. The van der Waals surface area contributed by atoms with E-state index in [1.165, 1.54) is 12.1 Å². The molecule has 0 saturated carbocycles. The number of cyclic esters (lactones) is 1. The molecular weight excluding hydrogens is 310 g/mol. The highest BCUT2D eigenvalue weighted by molar-refractivity contribution is 7.89. The highest BCUT2D eigenvalue weighted by atomic mass is 32.2. The van der Waals surface area contributed by atoms with Gasteiger partial charge >= 0.3 is 12.1 Å². The summed E-state index contributed by atoms with van der Waals surface area (Å²) in [4.78, 5) is 23.3. The first-order valence-electron chi connectivity index (χ1n) is 6.70. The molecule has 7 nitrogen and oxygen atoms in total. The van der Waals surface area contributed by atoms with Gasteiger partial charge in [-0.25, -0.2) is 18.0 Å². The third-order valence-corrected chi connectivity index (χ3v) is 5.23. The second-order valence-corrected chi connectivity index (χ2v) is 7.30. The molecule has 1 amide bonds. The van der Waals surface area contributed by atoms with Crippen LogP contribution in [0.3, 0.4) is 0 Å². The van der Waals surface area contributed by atoms with E-state index in [1.54, 1.807) is 32.9 Å². The number of carboxylic acids is 1. The molecule has 1 aliphatic heterocycles. The summed E-state index contributed by atoms with van der Waals surface area (Å²) in [6, 6.07) is 4.24. The highest BCUT2D eigenvalue weighted by Gasteiger charge is 2.53. The number of nitrogens with zero attached hydrogens (tertiary/aromatic N) is 1. The third-order valence-electron chi connectivity index (χ3n) is 3.47. The minimum atomic E-state index is -4.29. The zero-order valence-electron chi connectivity index (χ0n) is 12.4. The number of sulfonamides is 1. The van der Waals surface area contributed by atoms with Gasteiger partial charge in [0, 0.05) is 0 Å². The predicted molar refractivity (Wildman–Crippen MR) is 76.7 cm³/mol. The van der Waals surface area contributed by atoms with Crippen LogP contribution in [0.1, 0.15) is 19.4 Å². The van der Waals surface area contributed by atoms with E-state index in [1.807, 2.05) is 0 Å². The lowest BCUT2D eigenvalue weighted by molar-refractivity contribution is -0.142. The Bertz CT molecular complexity index is 695. The van der Waals surface area contributed by atoms with Crippen LogP contribution >= 0.6 is 0 Å². The van der Waals surface area contributed by atoms with Crippen LogP contribution in [0.2, 0.25) is 0 Å². The smallest absolute Gasteiger partial charge is 0.425 e. The largest absolute Gasteiger partial charge is 0.480 e. The van der Waals surface area contributed by atoms with Gasteiger partial charge in [0.2, 0.25) is 0 Å². The van der Waals surface area contributed by atoms with E-state index in [4.69, 9.17) is 4.74 Å². The maximum Gasteiger partial charge on any atom is 0.425 e. The van der Waals surface area contributed by atoms with Gasteiger partial charge in [-0.3, -0.25) is 0 Å². The van der Waals surface area contributed by atoms with E-state index in [0.29, 0.717) is 4.31 Å². The molecule has 8 heteroatoms. The van der Waals surface area contributed by atoms with Crippen LogP contribution in [0.15, 0.2) is 29.2 Å². The molecule has 1 aromatic rings. The number of ether oxygens (including phenoxy) is 1. The molecule has 0 bridgehead atoms. The Kier molecular flexibility index (Phi) is 4.15. The lowest BCUT2D eigenvalue weighted by Crippen LogP contribution is -2.47. The number of hydrogen-bond acceptors (Lipinski definition) is 5. The highest BCUT2D eigenvalue weighted by Crippen LogP contribution is 2.31. The zero-order valence-corrected chi connectivity index (χ0v) is 13.2. The average molecular weight is 327 g/mol. The molecule has 1 aromatic carbocycles. The van der Waals surface area contributed by atoms with Crippen LogP contribution < -0.4 is 0 Å². The molecule has 0 unspecified atom stereocenters. The molecule has 1 N–H and O–H groups in total. The Morgan fingerprint density at radius 1 is 1.27 bits per heavy atom. The van der Waals surface area contributed by atoms with Gasteiger partial charge in [-0.2, -0.15) is 4.31 Å². The number of aliphatic carboxylic acids is 1. The lowest BCUT2D eigenvalue weighted by atomic mass is 10.0. The predicted octanol–water partition coefficient (Wildman–Crippen LogP) is 1.61. The maximum absolute atomic E-state index is 12.6. The lowest BCUT2D eigenvalue weighted by Gasteiger charge is -2.22. The van der Waals surface area contributed by atoms with Gasteiger partial charge in [0.15, 0.2) is 6.04 Å². The molecule has 22 heavy (non-hydrogen) atoms. The van der Waals surface area contributed by atoms with Gasteiger partial charge in [0.25, 0.3) is 10.0 Å². The Morgan fingerprint density at radius 2 is 1.82 bits per heavy atom. The molecule has 1 saturated heterocycles. The van der Waals surface area contributed by atoms with Gasteiger partial charge < -0.3 is 9.84 Å². The minimum absolute atomic E-state index is 0.147. The molecule has 0 spiro atoms. The fourth-order valence-electron chi connectivity index (χ4n) is 2.29. The van der Waals surface area contributed by atoms with Crippen molar-refractivity contribution in [1.82, 2.24) is 4.31 Å². The zero-order chi connectivity index (χ0) is 16.7. The standard InChI is InChI=1S/C14H17NO6S/c1-8(2)12-11(13(16)17)15(14(18)21-12)22(19,20)10-6-4-9(3)5-7-10/h4-8,11-12H,1-3H3,(H,16,17)/t11-,12-/m1/s1. The molecule has 120 valence electrons. The summed E-state index contributed by atoms with van der Waals surface area (Å²) in [5.41, 5.74) is 0.845. The van der Waals surface area contributed by atoms with E-state index < -0.39 is 34.2 Å². The van der Waals surface area contributed by atoms with Crippen molar-refractivity contribution >= 4 is 22.1 Å². The number of hydrogen-bond donors (Lipinski definition) is 1. The molecule has 1 fully saturated rings. The van der Waals surface area contributed by atoms with Crippen LogP contribution in [-0.2, 0) is 19.6 Å². The quantitative estimate of drug-likeness (QED) is 0.901. The molecule has 0 aromatic heterocycles. The Hall–Kier alpha value is -2.09.